The molecule has 4 N–H and O–H groups in total. The molecule has 0 spiro atoms. The average molecular weight is 553 g/mol. The van der Waals surface area contributed by atoms with Crippen molar-refractivity contribution in [2.75, 3.05) is 37.1 Å². The fraction of sp³-hybridized carbons (Fsp3) is 0.276. The SMILES string of the molecule is Cc1nc(N[C@H](C)c2cc(N)cc(C(F)(F)F)c2)c2cc(N(C)c3cc(CC(=O)N(C)C)ccc3O)ccc2n1. The normalized spacial score (nSPS) is 12.3. The summed E-state index contributed by atoms with van der Waals surface area (Å²) >= 11 is 0. The van der Waals surface area contributed by atoms with Crippen LogP contribution in [0.1, 0.15) is 35.5 Å². The number of phenolic OH excluding ortho intramolecular Hbond substituents is 1. The number of hydrogen-bond acceptors (Lipinski definition) is 7. The highest BCUT2D eigenvalue weighted by atomic mass is 19.4. The Bertz CT molecular complexity index is 1570. The molecule has 0 bridgehead atoms. The van der Waals surface area contributed by atoms with Crippen molar-refractivity contribution < 1.29 is 23.1 Å². The molecule has 4 aromatic rings. The summed E-state index contributed by atoms with van der Waals surface area (Å²) < 4.78 is 40.1. The lowest BCUT2D eigenvalue weighted by atomic mass is 10.0. The molecular formula is C29H31F3N6O2. The highest BCUT2D eigenvalue weighted by Crippen LogP contribution is 2.37. The molecule has 0 saturated carbocycles. The monoisotopic (exact) mass is 552 g/mol. The number of carbonyl (C=O) groups excluding carboxylic acids is 1. The Kier molecular flexibility index (Phi) is 7.77. The summed E-state index contributed by atoms with van der Waals surface area (Å²) in [4.78, 5) is 24.5. The van der Waals surface area contributed by atoms with Gasteiger partial charge in [-0.1, -0.05) is 6.07 Å². The molecule has 3 aromatic carbocycles. The third-order valence-corrected chi connectivity index (χ3v) is 6.59. The van der Waals surface area contributed by atoms with Crippen molar-refractivity contribution in [3.8, 4) is 5.75 Å². The number of hydrogen-bond donors (Lipinski definition) is 3. The van der Waals surface area contributed by atoms with Crippen molar-refractivity contribution in [2.24, 2.45) is 0 Å². The number of nitrogens with zero attached hydrogens (tertiary/aromatic N) is 4. The molecule has 0 fully saturated rings. The van der Waals surface area contributed by atoms with E-state index < -0.39 is 17.8 Å². The first-order valence-electron chi connectivity index (χ1n) is 12.5. The van der Waals surface area contributed by atoms with E-state index in [-0.39, 0.29) is 23.8 Å². The predicted octanol–water partition coefficient (Wildman–Crippen LogP) is 5.82. The number of anilines is 4. The minimum Gasteiger partial charge on any atom is -0.506 e. The van der Waals surface area contributed by atoms with Crippen LogP contribution in [0.3, 0.4) is 0 Å². The number of nitrogens with one attached hydrogen (secondary N) is 1. The van der Waals surface area contributed by atoms with Gasteiger partial charge in [0, 0.05) is 37.9 Å². The van der Waals surface area contributed by atoms with Gasteiger partial charge in [-0.25, -0.2) is 9.97 Å². The molecule has 11 heteroatoms. The molecule has 1 atom stereocenters. The van der Waals surface area contributed by atoms with E-state index in [1.807, 2.05) is 18.2 Å². The number of phenols is 1. The maximum atomic E-state index is 13.4. The Hall–Kier alpha value is -4.54. The first-order valence-corrected chi connectivity index (χ1v) is 12.5. The predicted molar refractivity (Wildman–Crippen MR) is 151 cm³/mol. The Balaban J connectivity index is 1.70. The lowest BCUT2D eigenvalue weighted by Crippen LogP contribution is -2.23. The first kappa shape index (κ1) is 28.5. The summed E-state index contributed by atoms with van der Waals surface area (Å²) in [5, 5.41) is 14.5. The van der Waals surface area contributed by atoms with Crippen molar-refractivity contribution in [1.82, 2.24) is 14.9 Å². The van der Waals surface area contributed by atoms with Gasteiger partial charge in [0.05, 0.1) is 29.2 Å². The number of aryl methyl sites for hydroxylation is 1. The van der Waals surface area contributed by atoms with E-state index in [0.717, 1.165) is 17.7 Å². The lowest BCUT2D eigenvalue weighted by Gasteiger charge is -2.23. The summed E-state index contributed by atoms with van der Waals surface area (Å²) in [5.41, 5.74) is 7.91. The van der Waals surface area contributed by atoms with E-state index in [1.54, 1.807) is 58.1 Å². The van der Waals surface area contributed by atoms with Crippen LogP contribution in [0.25, 0.3) is 10.9 Å². The van der Waals surface area contributed by atoms with Crippen LogP contribution in [0.5, 0.6) is 5.75 Å². The summed E-state index contributed by atoms with van der Waals surface area (Å²) in [7, 11) is 5.15. The molecule has 1 amide bonds. The summed E-state index contributed by atoms with van der Waals surface area (Å²) in [5.74, 6) is 0.904. The molecule has 0 aliphatic carbocycles. The van der Waals surface area contributed by atoms with E-state index in [9.17, 15) is 23.1 Å². The fourth-order valence-electron chi connectivity index (χ4n) is 4.35. The van der Waals surface area contributed by atoms with Gasteiger partial charge in [0.25, 0.3) is 0 Å². The second-order valence-corrected chi connectivity index (χ2v) is 9.92. The first-order chi connectivity index (χ1) is 18.7. The van der Waals surface area contributed by atoms with Gasteiger partial charge in [-0.2, -0.15) is 13.2 Å². The summed E-state index contributed by atoms with van der Waals surface area (Å²) in [6.07, 6.45) is -4.34. The van der Waals surface area contributed by atoms with Crippen LogP contribution in [0.4, 0.5) is 36.1 Å². The van der Waals surface area contributed by atoms with Crippen molar-refractivity contribution in [1.29, 1.82) is 0 Å². The lowest BCUT2D eigenvalue weighted by molar-refractivity contribution is -0.137. The summed E-state index contributed by atoms with van der Waals surface area (Å²) in [6, 6.07) is 13.4. The zero-order valence-electron chi connectivity index (χ0n) is 22.8. The molecule has 1 heterocycles. The Labute approximate surface area is 230 Å². The Morgan fingerprint density at radius 3 is 2.45 bits per heavy atom. The van der Waals surface area contributed by atoms with E-state index in [0.29, 0.717) is 39.5 Å². The van der Waals surface area contributed by atoms with Gasteiger partial charge in [0.15, 0.2) is 0 Å². The minimum absolute atomic E-state index is 0.0143. The minimum atomic E-state index is -4.52. The second kappa shape index (κ2) is 10.9. The maximum Gasteiger partial charge on any atom is 0.416 e. The molecule has 0 unspecified atom stereocenters. The van der Waals surface area contributed by atoms with Crippen LogP contribution in [0.2, 0.25) is 0 Å². The molecule has 40 heavy (non-hydrogen) atoms. The van der Waals surface area contributed by atoms with Crippen molar-refractivity contribution >= 4 is 39.7 Å². The average Bonchev–Trinajstić information content (AvgIpc) is 2.88. The molecule has 4 rings (SSSR count). The van der Waals surface area contributed by atoms with Gasteiger partial charge in [-0.3, -0.25) is 4.79 Å². The largest absolute Gasteiger partial charge is 0.506 e. The molecule has 1 aromatic heterocycles. The van der Waals surface area contributed by atoms with Crippen molar-refractivity contribution in [3.63, 3.8) is 0 Å². The van der Waals surface area contributed by atoms with Crippen LogP contribution in [0.15, 0.2) is 54.6 Å². The van der Waals surface area contributed by atoms with Crippen molar-refractivity contribution in [2.45, 2.75) is 32.5 Å². The molecule has 0 saturated heterocycles. The van der Waals surface area contributed by atoms with Crippen molar-refractivity contribution in [3.05, 3.63) is 77.1 Å². The van der Waals surface area contributed by atoms with Gasteiger partial charge in [-0.05, 0) is 73.5 Å². The number of rotatable bonds is 7. The van der Waals surface area contributed by atoms with E-state index in [2.05, 4.69) is 15.3 Å². The molecule has 0 aliphatic heterocycles. The van der Waals surface area contributed by atoms with Crippen LogP contribution in [0, 0.1) is 6.92 Å². The second-order valence-electron chi connectivity index (χ2n) is 9.92. The quantitative estimate of drug-likeness (QED) is 0.248. The van der Waals surface area contributed by atoms with Gasteiger partial charge in [-0.15, -0.1) is 0 Å². The zero-order valence-corrected chi connectivity index (χ0v) is 22.8. The Morgan fingerprint density at radius 2 is 1.77 bits per heavy atom. The number of alkyl halides is 3. The van der Waals surface area contributed by atoms with Gasteiger partial charge in [0.2, 0.25) is 5.91 Å². The molecule has 8 nitrogen and oxygen atoms in total. The van der Waals surface area contributed by atoms with Gasteiger partial charge in [0.1, 0.15) is 17.4 Å². The maximum absolute atomic E-state index is 13.4. The van der Waals surface area contributed by atoms with Crippen LogP contribution in [-0.4, -0.2) is 47.0 Å². The number of aromatic hydroxyl groups is 1. The van der Waals surface area contributed by atoms with E-state index in [1.165, 1.54) is 11.0 Å². The number of aromatic nitrogens is 2. The molecular weight excluding hydrogens is 521 g/mol. The number of carbonyl (C=O) groups is 1. The zero-order chi connectivity index (χ0) is 29.4. The third-order valence-electron chi connectivity index (χ3n) is 6.59. The number of benzene rings is 3. The van der Waals surface area contributed by atoms with Gasteiger partial charge >= 0.3 is 6.18 Å². The Morgan fingerprint density at radius 1 is 1.05 bits per heavy atom. The number of nitrogen functional groups attached to an aromatic ring is 1. The van der Waals surface area contributed by atoms with E-state index in [4.69, 9.17) is 5.73 Å². The topological polar surface area (TPSA) is 108 Å². The van der Waals surface area contributed by atoms with E-state index >= 15 is 0 Å². The summed E-state index contributed by atoms with van der Waals surface area (Å²) in [6.45, 7) is 3.46. The smallest absolute Gasteiger partial charge is 0.416 e. The highest BCUT2D eigenvalue weighted by Gasteiger charge is 2.31. The van der Waals surface area contributed by atoms with Crippen LogP contribution < -0.4 is 16.0 Å². The molecule has 210 valence electrons. The van der Waals surface area contributed by atoms with Crippen LogP contribution in [-0.2, 0) is 17.4 Å². The number of amides is 1. The fourth-order valence-corrected chi connectivity index (χ4v) is 4.35. The van der Waals surface area contributed by atoms with Gasteiger partial charge < -0.3 is 26.0 Å². The number of fused-ring (bicyclic) bond motifs is 1. The van der Waals surface area contributed by atoms with Crippen LogP contribution >= 0.6 is 0 Å². The standard InChI is InChI=1S/C29H31F3N6O2/c1-16(19-12-20(29(30,31)32)14-21(33)13-19)34-28-23-15-22(7-8-24(23)35-17(2)36-28)38(5)25-10-18(6-9-26(25)39)11-27(40)37(3)4/h6-10,12-16,39H,11,33H2,1-5H3,(H,34,35,36)/t16-/m1/s1. The highest BCUT2D eigenvalue weighted by molar-refractivity contribution is 5.93. The molecule has 0 radical (unpaired) electrons. The number of nitrogens with two attached hydrogens (primary N) is 1. The number of halogens is 3. The molecule has 0 aliphatic rings. The number of likely N-dealkylation sites (N-methyl/N-ethyl adjacent to an activating group) is 1. The third kappa shape index (κ3) is 6.19.